The Hall–Kier alpha value is -1.55. The second kappa shape index (κ2) is 6.25. The molecule has 0 unspecified atom stereocenters. The molecule has 0 fully saturated rings. The quantitative estimate of drug-likeness (QED) is 0.803. The highest BCUT2D eigenvalue weighted by molar-refractivity contribution is 5.76. The van der Waals surface area contributed by atoms with E-state index in [1.807, 2.05) is 37.1 Å². The molecule has 1 rings (SSSR count). The predicted molar refractivity (Wildman–Crippen MR) is 69.1 cm³/mol. The second-order valence-corrected chi connectivity index (χ2v) is 4.11. The van der Waals surface area contributed by atoms with Crippen molar-refractivity contribution < 1.29 is 9.90 Å². The molecular formula is C13H20N2O2. The van der Waals surface area contributed by atoms with E-state index in [0.717, 1.165) is 16.8 Å². The van der Waals surface area contributed by atoms with E-state index in [9.17, 15) is 4.79 Å². The number of carbonyl (C=O) groups is 1. The van der Waals surface area contributed by atoms with E-state index in [-0.39, 0.29) is 12.5 Å². The van der Waals surface area contributed by atoms with Crippen molar-refractivity contribution in [3.63, 3.8) is 0 Å². The third kappa shape index (κ3) is 3.75. The van der Waals surface area contributed by atoms with Crippen LogP contribution in [-0.4, -0.2) is 31.7 Å². The normalized spacial score (nSPS) is 10.1. The van der Waals surface area contributed by atoms with Crippen molar-refractivity contribution in [2.45, 2.75) is 20.0 Å². The molecule has 0 bridgehead atoms. The van der Waals surface area contributed by atoms with E-state index in [1.165, 1.54) is 0 Å². The van der Waals surface area contributed by atoms with Gasteiger partial charge in [0.15, 0.2) is 0 Å². The topological polar surface area (TPSA) is 52.6 Å². The van der Waals surface area contributed by atoms with Crippen LogP contribution < -0.4 is 10.2 Å². The van der Waals surface area contributed by atoms with E-state index in [2.05, 4.69) is 5.32 Å². The van der Waals surface area contributed by atoms with Crippen LogP contribution in [0.2, 0.25) is 0 Å². The van der Waals surface area contributed by atoms with Crippen molar-refractivity contribution in [1.82, 2.24) is 5.32 Å². The van der Waals surface area contributed by atoms with Gasteiger partial charge in [-0.1, -0.05) is 6.07 Å². The van der Waals surface area contributed by atoms with Crippen LogP contribution in [0.4, 0.5) is 5.69 Å². The van der Waals surface area contributed by atoms with Crippen molar-refractivity contribution in [2.75, 3.05) is 25.5 Å². The molecule has 0 atom stereocenters. The Morgan fingerprint density at radius 3 is 2.71 bits per heavy atom. The molecule has 94 valence electrons. The van der Waals surface area contributed by atoms with Gasteiger partial charge in [-0.05, 0) is 30.2 Å². The Kier molecular flexibility index (Phi) is 4.97. The van der Waals surface area contributed by atoms with E-state index >= 15 is 0 Å². The standard InChI is InChI=1S/C13H20N2O2/c1-10-8-12(5-4-11(10)9-16)15(3)7-6-13(17)14-2/h4-5,8,16H,6-7,9H2,1-3H3,(H,14,17). The van der Waals surface area contributed by atoms with Gasteiger partial charge in [-0.15, -0.1) is 0 Å². The van der Waals surface area contributed by atoms with Crippen LogP contribution in [0.15, 0.2) is 18.2 Å². The lowest BCUT2D eigenvalue weighted by atomic mass is 10.1. The zero-order valence-corrected chi connectivity index (χ0v) is 10.7. The fraction of sp³-hybridized carbons (Fsp3) is 0.462. The lowest BCUT2D eigenvalue weighted by molar-refractivity contribution is -0.120. The number of carbonyl (C=O) groups excluding carboxylic acids is 1. The summed E-state index contributed by atoms with van der Waals surface area (Å²) in [5.74, 6) is 0.0422. The molecule has 4 nitrogen and oxygen atoms in total. The maximum absolute atomic E-state index is 11.1. The van der Waals surface area contributed by atoms with Gasteiger partial charge in [0.1, 0.15) is 0 Å². The van der Waals surface area contributed by atoms with E-state index < -0.39 is 0 Å². The number of hydrogen-bond donors (Lipinski definition) is 2. The molecule has 0 spiro atoms. The zero-order chi connectivity index (χ0) is 12.8. The minimum absolute atomic E-state index is 0.0422. The number of hydrogen-bond acceptors (Lipinski definition) is 3. The molecule has 1 aromatic rings. The lowest BCUT2D eigenvalue weighted by Gasteiger charge is -2.20. The molecule has 0 aliphatic rings. The first kappa shape index (κ1) is 13.5. The van der Waals surface area contributed by atoms with Crippen LogP contribution in [0, 0.1) is 6.92 Å². The molecule has 1 amide bonds. The van der Waals surface area contributed by atoms with Crippen molar-refractivity contribution in [2.24, 2.45) is 0 Å². The molecule has 1 aromatic carbocycles. The number of nitrogens with zero attached hydrogens (tertiary/aromatic N) is 1. The molecule has 0 aromatic heterocycles. The molecule has 0 saturated carbocycles. The largest absolute Gasteiger partial charge is 0.392 e. The van der Waals surface area contributed by atoms with Crippen molar-refractivity contribution in [1.29, 1.82) is 0 Å². The van der Waals surface area contributed by atoms with Gasteiger partial charge in [0.2, 0.25) is 5.91 Å². The van der Waals surface area contributed by atoms with E-state index in [4.69, 9.17) is 5.11 Å². The van der Waals surface area contributed by atoms with Crippen molar-refractivity contribution >= 4 is 11.6 Å². The van der Waals surface area contributed by atoms with Gasteiger partial charge in [0.05, 0.1) is 6.61 Å². The number of benzene rings is 1. The van der Waals surface area contributed by atoms with Crippen molar-refractivity contribution in [3.8, 4) is 0 Å². The Bertz CT molecular complexity index is 391. The Balaban J connectivity index is 2.66. The smallest absolute Gasteiger partial charge is 0.221 e. The third-order valence-corrected chi connectivity index (χ3v) is 2.89. The fourth-order valence-electron chi connectivity index (χ4n) is 1.62. The van der Waals surface area contributed by atoms with Gasteiger partial charge in [-0.2, -0.15) is 0 Å². The molecule has 0 aliphatic heterocycles. The molecule has 17 heavy (non-hydrogen) atoms. The van der Waals surface area contributed by atoms with Gasteiger partial charge in [0.25, 0.3) is 0 Å². The predicted octanol–water partition coefficient (Wildman–Crippen LogP) is 1.06. The minimum Gasteiger partial charge on any atom is -0.392 e. The summed E-state index contributed by atoms with van der Waals surface area (Å²) in [7, 11) is 3.60. The van der Waals surface area contributed by atoms with Crippen LogP contribution in [0.1, 0.15) is 17.5 Å². The molecule has 4 heteroatoms. The average molecular weight is 236 g/mol. The minimum atomic E-state index is 0.0422. The fourth-order valence-corrected chi connectivity index (χ4v) is 1.62. The molecule has 2 N–H and O–H groups in total. The number of aliphatic hydroxyl groups is 1. The highest BCUT2D eigenvalue weighted by atomic mass is 16.3. The number of aliphatic hydroxyl groups excluding tert-OH is 1. The van der Waals surface area contributed by atoms with Crippen molar-refractivity contribution in [3.05, 3.63) is 29.3 Å². The van der Waals surface area contributed by atoms with Gasteiger partial charge in [0, 0.05) is 32.7 Å². The summed E-state index contributed by atoms with van der Waals surface area (Å²) in [6.07, 6.45) is 0.480. The molecular weight excluding hydrogens is 216 g/mol. The lowest BCUT2D eigenvalue weighted by Crippen LogP contribution is -2.26. The molecule has 0 saturated heterocycles. The Morgan fingerprint density at radius 2 is 2.18 bits per heavy atom. The number of rotatable bonds is 5. The molecule has 0 heterocycles. The Labute approximate surface area is 102 Å². The Morgan fingerprint density at radius 1 is 1.47 bits per heavy atom. The first-order valence-corrected chi connectivity index (χ1v) is 5.70. The SMILES string of the molecule is CNC(=O)CCN(C)c1ccc(CO)c(C)c1. The number of nitrogens with one attached hydrogen (secondary N) is 1. The molecule has 0 radical (unpaired) electrons. The van der Waals surface area contributed by atoms with Gasteiger partial charge < -0.3 is 15.3 Å². The van der Waals surface area contributed by atoms with Gasteiger partial charge in [-0.3, -0.25) is 4.79 Å². The summed E-state index contributed by atoms with van der Waals surface area (Å²) in [4.78, 5) is 13.2. The summed E-state index contributed by atoms with van der Waals surface area (Å²) in [5.41, 5.74) is 3.06. The van der Waals surface area contributed by atoms with E-state index in [0.29, 0.717) is 13.0 Å². The van der Waals surface area contributed by atoms with E-state index in [1.54, 1.807) is 7.05 Å². The maximum Gasteiger partial charge on any atom is 0.221 e. The highest BCUT2D eigenvalue weighted by Crippen LogP contribution is 2.18. The summed E-state index contributed by atoms with van der Waals surface area (Å²) < 4.78 is 0. The summed E-state index contributed by atoms with van der Waals surface area (Å²) in [6, 6.07) is 5.90. The zero-order valence-electron chi connectivity index (χ0n) is 10.7. The van der Waals surface area contributed by atoms with Gasteiger partial charge >= 0.3 is 0 Å². The third-order valence-electron chi connectivity index (χ3n) is 2.89. The molecule has 0 aliphatic carbocycles. The number of anilines is 1. The van der Waals surface area contributed by atoms with Crippen LogP contribution >= 0.6 is 0 Å². The number of amides is 1. The maximum atomic E-state index is 11.1. The highest BCUT2D eigenvalue weighted by Gasteiger charge is 2.05. The average Bonchev–Trinajstić information content (AvgIpc) is 2.35. The summed E-state index contributed by atoms with van der Waals surface area (Å²) >= 11 is 0. The second-order valence-electron chi connectivity index (χ2n) is 4.11. The number of aryl methyl sites for hydroxylation is 1. The summed E-state index contributed by atoms with van der Waals surface area (Å²) in [6.45, 7) is 2.72. The van der Waals surface area contributed by atoms with Crippen LogP contribution in [-0.2, 0) is 11.4 Å². The van der Waals surface area contributed by atoms with Gasteiger partial charge in [-0.25, -0.2) is 0 Å². The van der Waals surface area contributed by atoms with Crippen LogP contribution in [0.25, 0.3) is 0 Å². The van der Waals surface area contributed by atoms with Crippen LogP contribution in [0.5, 0.6) is 0 Å². The van der Waals surface area contributed by atoms with Crippen LogP contribution in [0.3, 0.4) is 0 Å². The monoisotopic (exact) mass is 236 g/mol. The first-order valence-electron chi connectivity index (χ1n) is 5.70. The first-order chi connectivity index (χ1) is 8.08. The summed E-state index contributed by atoms with van der Waals surface area (Å²) in [5, 5.41) is 11.7.